The molecule has 0 aliphatic rings. The third-order valence-corrected chi connectivity index (χ3v) is 4.59. The van der Waals surface area contributed by atoms with Crippen molar-refractivity contribution < 1.29 is 9.59 Å². The fraction of sp³-hybridized carbons (Fsp3) is 0.0870. The van der Waals surface area contributed by atoms with Crippen LogP contribution in [-0.2, 0) is 22.7 Å². The zero-order valence-corrected chi connectivity index (χ0v) is 15.7. The minimum Gasteiger partial charge on any atom is -0.345 e. The normalized spacial score (nSPS) is 10.6. The Hall–Kier alpha value is -3.93. The van der Waals surface area contributed by atoms with Crippen molar-refractivity contribution in [3.05, 3.63) is 96.3 Å². The SMILES string of the molecule is O=C(Nc1ccc2nc[nH]c2c1)C(=O)N(Cc1ccccc1)Cc1ccccc1. The standard InChI is InChI=1S/C23H20N4O2/c28-22(26-19-11-12-20-21(13-19)25-16-24-20)23(29)27(14-17-7-3-1-4-8-17)15-18-9-5-2-6-10-18/h1-13,16H,14-15H2,(H,24,25)(H,26,28). The zero-order valence-electron chi connectivity index (χ0n) is 15.7. The van der Waals surface area contributed by atoms with E-state index in [1.807, 2.05) is 60.7 Å². The second-order valence-corrected chi connectivity index (χ2v) is 6.72. The summed E-state index contributed by atoms with van der Waals surface area (Å²) in [4.78, 5) is 34.3. The number of anilines is 1. The first-order valence-corrected chi connectivity index (χ1v) is 9.30. The fourth-order valence-electron chi connectivity index (χ4n) is 3.15. The topological polar surface area (TPSA) is 78.1 Å². The van der Waals surface area contributed by atoms with Gasteiger partial charge in [-0.05, 0) is 29.3 Å². The number of rotatable bonds is 5. The smallest absolute Gasteiger partial charge is 0.313 e. The van der Waals surface area contributed by atoms with Gasteiger partial charge < -0.3 is 15.2 Å². The maximum absolute atomic E-state index is 13.0. The Morgan fingerprint density at radius 1 is 0.862 bits per heavy atom. The predicted molar refractivity (Wildman–Crippen MR) is 112 cm³/mol. The van der Waals surface area contributed by atoms with Crippen LogP contribution in [0.5, 0.6) is 0 Å². The van der Waals surface area contributed by atoms with Crippen LogP contribution in [0, 0.1) is 0 Å². The van der Waals surface area contributed by atoms with Gasteiger partial charge in [0.05, 0.1) is 17.4 Å². The molecule has 0 spiro atoms. The molecular weight excluding hydrogens is 364 g/mol. The second-order valence-electron chi connectivity index (χ2n) is 6.72. The third kappa shape index (κ3) is 4.50. The van der Waals surface area contributed by atoms with E-state index in [4.69, 9.17) is 0 Å². The molecular formula is C23H20N4O2. The molecule has 4 aromatic rings. The summed E-state index contributed by atoms with van der Waals surface area (Å²) in [5.74, 6) is -1.25. The van der Waals surface area contributed by atoms with E-state index in [-0.39, 0.29) is 0 Å². The van der Waals surface area contributed by atoms with Gasteiger partial charge >= 0.3 is 11.8 Å². The van der Waals surface area contributed by atoms with Crippen molar-refractivity contribution in [2.45, 2.75) is 13.1 Å². The van der Waals surface area contributed by atoms with E-state index in [0.29, 0.717) is 18.8 Å². The molecule has 1 aromatic heterocycles. The maximum Gasteiger partial charge on any atom is 0.313 e. The minimum atomic E-state index is -0.671. The van der Waals surface area contributed by atoms with Crippen LogP contribution in [0.2, 0.25) is 0 Å². The van der Waals surface area contributed by atoms with Crippen molar-refractivity contribution in [2.24, 2.45) is 0 Å². The second kappa shape index (κ2) is 8.39. The molecule has 0 fully saturated rings. The lowest BCUT2D eigenvalue weighted by Gasteiger charge is -2.22. The van der Waals surface area contributed by atoms with Crippen molar-refractivity contribution in [3.63, 3.8) is 0 Å². The molecule has 2 N–H and O–H groups in total. The summed E-state index contributed by atoms with van der Waals surface area (Å²) in [7, 11) is 0. The molecule has 6 nitrogen and oxygen atoms in total. The number of benzene rings is 3. The number of aromatic nitrogens is 2. The Kier molecular flexibility index (Phi) is 5.33. The Morgan fingerprint density at radius 2 is 1.48 bits per heavy atom. The summed E-state index contributed by atoms with van der Waals surface area (Å²) in [6.45, 7) is 0.698. The Labute approximate surface area is 168 Å². The van der Waals surface area contributed by atoms with Crippen LogP contribution in [0.15, 0.2) is 85.2 Å². The van der Waals surface area contributed by atoms with Gasteiger partial charge in [-0.3, -0.25) is 9.59 Å². The highest BCUT2D eigenvalue weighted by Gasteiger charge is 2.22. The molecule has 29 heavy (non-hydrogen) atoms. The molecule has 0 radical (unpaired) electrons. The van der Waals surface area contributed by atoms with Crippen molar-refractivity contribution in [3.8, 4) is 0 Å². The van der Waals surface area contributed by atoms with Crippen molar-refractivity contribution in [1.82, 2.24) is 14.9 Å². The number of imidazole rings is 1. The van der Waals surface area contributed by atoms with Crippen LogP contribution >= 0.6 is 0 Å². The number of hydrogen-bond donors (Lipinski definition) is 2. The number of carbonyl (C=O) groups is 2. The summed E-state index contributed by atoms with van der Waals surface area (Å²) in [6.07, 6.45) is 1.59. The molecule has 0 bridgehead atoms. The lowest BCUT2D eigenvalue weighted by Crippen LogP contribution is -2.38. The van der Waals surface area contributed by atoms with Crippen molar-refractivity contribution in [1.29, 1.82) is 0 Å². The number of amides is 2. The van der Waals surface area contributed by atoms with Crippen LogP contribution in [-0.4, -0.2) is 26.7 Å². The molecule has 0 aliphatic heterocycles. The van der Waals surface area contributed by atoms with Gasteiger partial charge in [-0.25, -0.2) is 4.98 Å². The summed E-state index contributed by atoms with van der Waals surface area (Å²) < 4.78 is 0. The molecule has 6 heteroatoms. The first-order valence-electron chi connectivity index (χ1n) is 9.30. The lowest BCUT2D eigenvalue weighted by atomic mass is 10.1. The largest absolute Gasteiger partial charge is 0.345 e. The molecule has 0 saturated heterocycles. The van der Waals surface area contributed by atoms with Crippen LogP contribution < -0.4 is 5.32 Å². The zero-order chi connectivity index (χ0) is 20.1. The van der Waals surface area contributed by atoms with Gasteiger partial charge in [0.2, 0.25) is 0 Å². The molecule has 0 saturated carbocycles. The van der Waals surface area contributed by atoms with Crippen LogP contribution in [0.25, 0.3) is 11.0 Å². The number of nitrogens with one attached hydrogen (secondary N) is 2. The van der Waals surface area contributed by atoms with E-state index in [0.717, 1.165) is 22.2 Å². The molecule has 144 valence electrons. The molecule has 0 unspecified atom stereocenters. The molecule has 0 atom stereocenters. The van der Waals surface area contributed by atoms with E-state index in [9.17, 15) is 9.59 Å². The quantitative estimate of drug-likeness (QED) is 0.515. The lowest BCUT2D eigenvalue weighted by molar-refractivity contribution is -0.144. The summed E-state index contributed by atoms with van der Waals surface area (Å²) in [5.41, 5.74) is 4.05. The van der Waals surface area contributed by atoms with Crippen molar-refractivity contribution >= 4 is 28.5 Å². The van der Waals surface area contributed by atoms with Gasteiger partial charge in [-0.1, -0.05) is 60.7 Å². The van der Waals surface area contributed by atoms with Gasteiger partial charge in [0.1, 0.15) is 0 Å². The minimum absolute atomic E-state index is 0.349. The monoisotopic (exact) mass is 384 g/mol. The van der Waals surface area contributed by atoms with Gasteiger partial charge in [-0.2, -0.15) is 0 Å². The number of fused-ring (bicyclic) bond motifs is 1. The van der Waals surface area contributed by atoms with Gasteiger partial charge in [-0.15, -0.1) is 0 Å². The molecule has 2 amide bonds. The summed E-state index contributed by atoms with van der Waals surface area (Å²) in [6, 6.07) is 24.5. The number of hydrogen-bond acceptors (Lipinski definition) is 3. The van der Waals surface area contributed by atoms with E-state index in [2.05, 4.69) is 15.3 Å². The first kappa shape index (κ1) is 18.4. The Morgan fingerprint density at radius 3 is 2.10 bits per heavy atom. The number of H-pyrrole nitrogens is 1. The highest BCUT2D eigenvalue weighted by Crippen LogP contribution is 2.16. The average Bonchev–Trinajstić information content (AvgIpc) is 3.22. The average molecular weight is 384 g/mol. The van der Waals surface area contributed by atoms with Gasteiger partial charge in [0.15, 0.2) is 0 Å². The Bertz CT molecular complexity index is 1080. The maximum atomic E-state index is 13.0. The van der Waals surface area contributed by atoms with Gasteiger partial charge in [0.25, 0.3) is 0 Å². The summed E-state index contributed by atoms with van der Waals surface area (Å²) in [5, 5.41) is 2.70. The fourth-order valence-corrected chi connectivity index (χ4v) is 3.15. The summed E-state index contributed by atoms with van der Waals surface area (Å²) >= 11 is 0. The number of carbonyl (C=O) groups excluding carboxylic acids is 2. The van der Waals surface area contributed by atoms with Crippen LogP contribution in [0.1, 0.15) is 11.1 Å². The number of nitrogens with zero attached hydrogens (tertiary/aromatic N) is 2. The van der Waals surface area contributed by atoms with E-state index >= 15 is 0 Å². The molecule has 4 rings (SSSR count). The van der Waals surface area contributed by atoms with E-state index in [1.165, 1.54) is 0 Å². The first-order chi connectivity index (χ1) is 14.2. The molecule has 0 aliphatic carbocycles. The third-order valence-electron chi connectivity index (χ3n) is 4.59. The van der Waals surface area contributed by atoms with Gasteiger partial charge in [0, 0.05) is 18.8 Å². The number of aromatic amines is 1. The highest BCUT2D eigenvalue weighted by molar-refractivity contribution is 6.39. The van der Waals surface area contributed by atoms with Crippen LogP contribution in [0.3, 0.4) is 0 Å². The van der Waals surface area contributed by atoms with E-state index < -0.39 is 11.8 Å². The predicted octanol–water partition coefficient (Wildman–Crippen LogP) is 3.73. The highest BCUT2D eigenvalue weighted by atomic mass is 16.2. The van der Waals surface area contributed by atoms with Crippen LogP contribution in [0.4, 0.5) is 5.69 Å². The molecule has 3 aromatic carbocycles. The Balaban J connectivity index is 1.53. The van der Waals surface area contributed by atoms with Crippen molar-refractivity contribution in [2.75, 3.05) is 5.32 Å². The molecule has 1 heterocycles. The van der Waals surface area contributed by atoms with E-state index in [1.54, 1.807) is 29.4 Å².